The number of ether oxygens (including phenoxy) is 1. The molecule has 0 aromatic heterocycles. The number of methoxy groups -OCH3 is 1. The summed E-state index contributed by atoms with van der Waals surface area (Å²) in [5.74, 6) is 0.476. The molecule has 14 heavy (non-hydrogen) atoms. The highest BCUT2D eigenvalue weighted by Crippen LogP contribution is 2.27. The van der Waals surface area contributed by atoms with Crippen LogP contribution in [0.25, 0.3) is 0 Å². The summed E-state index contributed by atoms with van der Waals surface area (Å²) in [5, 5.41) is 0. The van der Waals surface area contributed by atoms with Crippen molar-refractivity contribution in [3.8, 4) is 0 Å². The molecule has 2 nitrogen and oxygen atoms in total. The number of hydrogen-bond donors (Lipinski definition) is 0. The molecule has 1 aliphatic rings. The highest BCUT2D eigenvalue weighted by molar-refractivity contribution is 5.88. The Balaban J connectivity index is 2.50. The average molecular weight is 196 g/mol. The van der Waals surface area contributed by atoms with Crippen molar-refractivity contribution in [3.05, 3.63) is 11.6 Å². The van der Waals surface area contributed by atoms with Crippen LogP contribution in [0.1, 0.15) is 45.4 Å². The van der Waals surface area contributed by atoms with Gasteiger partial charge in [-0.3, -0.25) is 0 Å². The molecule has 1 rings (SSSR count). The maximum absolute atomic E-state index is 11.3. The molecule has 0 heterocycles. The summed E-state index contributed by atoms with van der Waals surface area (Å²) in [6.07, 6.45) is 9.11. The van der Waals surface area contributed by atoms with Crippen molar-refractivity contribution in [2.45, 2.75) is 45.4 Å². The van der Waals surface area contributed by atoms with E-state index in [1.54, 1.807) is 0 Å². The van der Waals surface area contributed by atoms with Crippen molar-refractivity contribution < 1.29 is 9.53 Å². The summed E-state index contributed by atoms with van der Waals surface area (Å²) in [6.45, 7) is 2.20. The molecule has 0 aromatic carbocycles. The van der Waals surface area contributed by atoms with Gasteiger partial charge in [0.2, 0.25) is 0 Å². The van der Waals surface area contributed by atoms with Crippen molar-refractivity contribution in [2.24, 2.45) is 5.92 Å². The topological polar surface area (TPSA) is 26.3 Å². The van der Waals surface area contributed by atoms with Crippen LogP contribution in [0, 0.1) is 5.92 Å². The lowest BCUT2D eigenvalue weighted by molar-refractivity contribution is -0.136. The zero-order valence-electron chi connectivity index (χ0n) is 9.21. The molecule has 0 aliphatic heterocycles. The highest BCUT2D eigenvalue weighted by atomic mass is 16.5. The highest BCUT2D eigenvalue weighted by Gasteiger charge is 2.18. The zero-order chi connectivity index (χ0) is 10.4. The Hall–Kier alpha value is -0.790. The second kappa shape index (κ2) is 5.84. The summed E-state index contributed by atoms with van der Waals surface area (Å²) in [5.41, 5.74) is 0.889. The van der Waals surface area contributed by atoms with Crippen molar-refractivity contribution in [3.63, 3.8) is 0 Å². The third-order valence-corrected chi connectivity index (χ3v) is 2.83. The molecule has 0 N–H and O–H groups in total. The Morgan fingerprint density at radius 1 is 1.64 bits per heavy atom. The van der Waals surface area contributed by atoms with Crippen LogP contribution >= 0.6 is 0 Å². The van der Waals surface area contributed by atoms with E-state index in [2.05, 4.69) is 13.0 Å². The lowest BCUT2D eigenvalue weighted by Crippen LogP contribution is -2.12. The monoisotopic (exact) mass is 196 g/mol. The average Bonchev–Trinajstić information content (AvgIpc) is 2.25. The van der Waals surface area contributed by atoms with Crippen LogP contribution in [0.3, 0.4) is 0 Å². The van der Waals surface area contributed by atoms with E-state index >= 15 is 0 Å². The van der Waals surface area contributed by atoms with Crippen molar-refractivity contribution in [1.82, 2.24) is 0 Å². The largest absolute Gasteiger partial charge is 0.466 e. The van der Waals surface area contributed by atoms with Gasteiger partial charge >= 0.3 is 5.97 Å². The lowest BCUT2D eigenvalue weighted by Gasteiger charge is -2.19. The summed E-state index contributed by atoms with van der Waals surface area (Å²) >= 11 is 0. The van der Waals surface area contributed by atoms with Gasteiger partial charge in [0.25, 0.3) is 0 Å². The molecule has 0 bridgehead atoms. The molecule has 0 unspecified atom stereocenters. The molecule has 0 aromatic rings. The Labute approximate surface area is 86.3 Å². The molecule has 0 saturated heterocycles. The van der Waals surface area contributed by atoms with Crippen LogP contribution < -0.4 is 0 Å². The minimum Gasteiger partial charge on any atom is -0.466 e. The summed E-state index contributed by atoms with van der Waals surface area (Å²) in [7, 11) is 1.46. The number of hydrogen-bond acceptors (Lipinski definition) is 2. The zero-order valence-corrected chi connectivity index (χ0v) is 9.21. The van der Waals surface area contributed by atoms with Crippen LogP contribution in [0.15, 0.2) is 11.6 Å². The Morgan fingerprint density at radius 3 is 3.07 bits per heavy atom. The maximum Gasteiger partial charge on any atom is 0.333 e. The number of carbonyl (C=O) groups excluding carboxylic acids is 1. The maximum atomic E-state index is 11.3. The van der Waals surface area contributed by atoms with Gasteiger partial charge in [0.05, 0.1) is 7.11 Å². The SMILES string of the molecule is CCCC[C@H]1C=C(C(=O)OC)CCC1. The summed E-state index contributed by atoms with van der Waals surface area (Å²) in [6, 6.07) is 0. The normalized spacial score (nSPS) is 21.6. The first-order chi connectivity index (χ1) is 6.77. The van der Waals surface area contributed by atoms with Crippen LogP contribution in [0.2, 0.25) is 0 Å². The predicted molar refractivity (Wildman–Crippen MR) is 57.0 cm³/mol. The van der Waals surface area contributed by atoms with E-state index in [4.69, 9.17) is 4.74 Å². The van der Waals surface area contributed by atoms with E-state index in [1.165, 1.54) is 32.8 Å². The van der Waals surface area contributed by atoms with Crippen LogP contribution in [-0.4, -0.2) is 13.1 Å². The molecule has 0 saturated carbocycles. The Kier molecular flexibility index (Phi) is 4.71. The molecular weight excluding hydrogens is 176 g/mol. The number of unbranched alkanes of at least 4 members (excludes halogenated alkanes) is 1. The van der Waals surface area contributed by atoms with Gasteiger partial charge in [-0.15, -0.1) is 0 Å². The smallest absolute Gasteiger partial charge is 0.333 e. The molecule has 80 valence electrons. The van der Waals surface area contributed by atoms with E-state index in [0.29, 0.717) is 5.92 Å². The summed E-state index contributed by atoms with van der Waals surface area (Å²) in [4.78, 5) is 11.3. The van der Waals surface area contributed by atoms with Gasteiger partial charge < -0.3 is 4.74 Å². The van der Waals surface area contributed by atoms with E-state index in [-0.39, 0.29) is 5.97 Å². The van der Waals surface area contributed by atoms with E-state index in [1.807, 2.05) is 0 Å². The van der Waals surface area contributed by atoms with Gasteiger partial charge in [0.1, 0.15) is 0 Å². The van der Waals surface area contributed by atoms with Crippen molar-refractivity contribution in [2.75, 3.05) is 7.11 Å². The third-order valence-electron chi connectivity index (χ3n) is 2.83. The van der Waals surface area contributed by atoms with Crippen LogP contribution in [0.4, 0.5) is 0 Å². The predicted octanol–water partition coefficient (Wildman–Crippen LogP) is 3.08. The number of rotatable bonds is 4. The molecule has 0 amide bonds. The molecule has 2 heteroatoms. The fourth-order valence-corrected chi connectivity index (χ4v) is 2.00. The van der Waals surface area contributed by atoms with Gasteiger partial charge in [0.15, 0.2) is 0 Å². The van der Waals surface area contributed by atoms with Gasteiger partial charge in [-0.2, -0.15) is 0 Å². The fraction of sp³-hybridized carbons (Fsp3) is 0.750. The standard InChI is InChI=1S/C12H20O2/c1-3-4-6-10-7-5-8-11(9-10)12(13)14-2/h9-10H,3-8H2,1-2H3/t10-/m1/s1. The van der Waals surface area contributed by atoms with Crippen LogP contribution in [-0.2, 0) is 9.53 Å². The van der Waals surface area contributed by atoms with Gasteiger partial charge in [0, 0.05) is 5.57 Å². The number of allylic oxidation sites excluding steroid dienone is 1. The van der Waals surface area contributed by atoms with Crippen molar-refractivity contribution in [1.29, 1.82) is 0 Å². The lowest BCUT2D eigenvalue weighted by atomic mass is 9.87. The number of esters is 1. The molecule has 1 aliphatic carbocycles. The van der Waals surface area contributed by atoms with E-state index in [9.17, 15) is 4.79 Å². The first kappa shape index (κ1) is 11.3. The minimum atomic E-state index is -0.133. The van der Waals surface area contributed by atoms with Gasteiger partial charge in [-0.05, 0) is 31.6 Å². The molecule has 0 radical (unpaired) electrons. The molecule has 0 spiro atoms. The first-order valence-corrected chi connectivity index (χ1v) is 5.57. The van der Waals surface area contributed by atoms with Crippen LogP contribution in [0.5, 0.6) is 0 Å². The fourth-order valence-electron chi connectivity index (χ4n) is 2.00. The van der Waals surface area contributed by atoms with E-state index < -0.39 is 0 Å². The van der Waals surface area contributed by atoms with Gasteiger partial charge in [-0.1, -0.05) is 25.8 Å². The summed E-state index contributed by atoms with van der Waals surface area (Å²) < 4.78 is 4.74. The third kappa shape index (κ3) is 3.17. The first-order valence-electron chi connectivity index (χ1n) is 5.57. The van der Waals surface area contributed by atoms with E-state index in [0.717, 1.165) is 18.4 Å². The Morgan fingerprint density at radius 2 is 2.43 bits per heavy atom. The van der Waals surface area contributed by atoms with Gasteiger partial charge in [-0.25, -0.2) is 4.79 Å². The molecule has 1 atom stereocenters. The minimum absolute atomic E-state index is 0.133. The second-order valence-electron chi connectivity index (χ2n) is 3.98. The molecular formula is C12H20O2. The Bertz CT molecular complexity index is 218. The molecule has 0 fully saturated rings. The number of carbonyl (C=O) groups is 1. The second-order valence-corrected chi connectivity index (χ2v) is 3.98. The quantitative estimate of drug-likeness (QED) is 0.646. The van der Waals surface area contributed by atoms with Crippen molar-refractivity contribution >= 4 is 5.97 Å².